The summed E-state index contributed by atoms with van der Waals surface area (Å²) in [4.78, 5) is 11.9. The lowest BCUT2D eigenvalue weighted by Crippen LogP contribution is -2.34. The molecule has 2 atom stereocenters. The first-order valence-corrected chi connectivity index (χ1v) is 6.39. The van der Waals surface area contributed by atoms with Crippen molar-refractivity contribution in [1.29, 1.82) is 0 Å². The molecule has 0 aromatic rings. The van der Waals surface area contributed by atoms with Gasteiger partial charge in [0.1, 0.15) is 5.78 Å². The number of Topliss-reactive ketones (excluding diaryl/α,β-unsaturated/α-hetero) is 1. The van der Waals surface area contributed by atoms with E-state index in [0.717, 1.165) is 18.8 Å². The summed E-state index contributed by atoms with van der Waals surface area (Å²) in [5.74, 6) is 1.57. The van der Waals surface area contributed by atoms with Crippen LogP contribution < -0.4 is 5.32 Å². The zero-order valence-corrected chi connectivity index (χ0v) is 10.4. The number of carbonyl (C=O) groups excluding carboxylic acids is 1. The van der Waals surface area contributed by atoms with Gasteiger partial charge in [-0.25, -0.2) is 0 Å². The monoisotopic (exact) mass is 211 g/mol. The Morgan fingerprint density at radius 1 is 1.40 bits per heavy atom. The second-order valence-electron chi connectivity index (χ2n) is 5.14. The summed E-state index contributed by atoms with van der Waals surface area (Å²) in [6, 6.07) is 0.416. The highest BCUT2D eigenvalue weighted by Crippen LogP contribution is 2.31. The Morgan fingerprint density at radius 3 is 2.73 bits per heavy atom. The van der Waals surface area contributed by atoms with Crippen LogP contribution in [0.5, 0.6) is 0 Å². The number of hydrogen-bond acceptors (Lipinski definition) is 2. The van der Waals surface area contributed by atoms with Crippen molar-refractivity contribution in [3.63, 3.8) is 0 Å². The van der Waals surface area contributed by atoms with E-state index in [4.69, 9.17) is 0 Å². The highest BCUT2D eigenvalue weighted by Gasteiger charge is 2.25. The molecule has 0 saturated heterocycles. The molecule has 0 heterocycles. The molecule has 0 aromatic carbocycles. The van der Waals surface area contributed by atoms with E-state index in [0.29, 0.717) is 24.3 Å². The third kappa shape index (κ3) is 4.33. The van der Waals surface area contributed by atoms with E-state index in [1.165, 1.54) is 19.3 Å². The number of ketones is 1. The summed E-state index contributed by atoms with van der Waals surface area (Å²) in [7, 11) is 0. The van der Waals surface area contributed by atoms with Crippen molar-refractivity contribution in [3.05, 3.63) is 0 Å². The van der Waals surface area contributed by atoms with Crippen LogP contribution in [0.3, 0.4) is 0 Å². The van der Waals surface area contributed by atoms with Gasteiger partial charge in [0.15, 0.2) is 0 Å². The zero-order chi connectivity index (χ0) is 11.3. The molecule has 88 valence electrons. The van der Waals surface area contributed by atoms with Gasteiger partial charge in [0, 0.05) is 12.0 Å². The Kier molecular flexibility index (Phi) is 5.30. The predicted octanol–water partition coefficient (Wildman–Crippen LogP) is 2.77. The maximum atomic E-state index is 11.9. The van der Waals surface area contributed by atoms with Gasteiger partial charge >= 0.3 is 0 Å². The normalized spacial score (nSPS) is 26.9. The van der Waals surface area contributed by atoms with Crippen LogP contribution in [0.2, 0.25) is 0 Å². The fourth-order valence-corrected chi connectivity index (χ4v) is 2.40. The van der Waals surface area contributed by atoms with E-state index in [2.05, 4.69) is 26.1 Å². The van der Waals surface area contributed by atoms with Crippen LogP contribution >= 0.6 is 0 Å². The maximum absolute atomic E-state index is 11.9. The van der Waals surface area contributed by atoms with E-state index < -0.39 is 0 Å². The Bertz CT molecular complexity index is 201. The summed E-state index contributed by atoms with van der Waals surface area (Å²) in [6.45, 7) is 6.98. The third-order valence-corrected chi connectivity index (χ3v) is 3.50. The standard InChI is InChI=1S/C13H25NO/c1-4-11-6-5-7-12(8-11)13(15)9-14-10(2)3/h10-12,14H,4-9H2,1-3H3. The number of rotatable bonds is 5. The van der Waals surface area contributed by atoms with Crippen molar-refractivity contribution in [2.45, 2.75) is 58.9 Å². The second kappa shape index (κ2) is 6.26. The minimum atomic E-state index is 0.343. The quantitative estimate of drug-likeness (QED) is 0.757. The molecule has 0 amide bonds. The van der Waals surface area contributed by atoms with E-state index >= 15 is 0 Å². The lowest BCUT2D eigenvalue weighted by molar-refractivity contribution is -0.123. The van der Waals surface area contributed by atoms with Crippen LogP contribution in [0.1, 0.15) is 52.9 Å². The van der Waals surface area contributed by atoms with Crippen LogP contribution in [0.25, 0.3) is 0 Å². The van der Waals surface area contributed by atoms with E-state index in [1.54, 1.807) is 0 Å². The van der Waals surface area contributed by atoms with Crippen molar-refractivity contribution in [2.75, 3.05) is 6.54 Å². The SMILES string of the molecule is CCC1CCCC(C(=O)CNC(C)C)C1. The average Bonchev–Trinajstić information content (AvgIpc) is 2.26. The Labute approximate surface area is 93.8 Å². The molecule has 2 unspecified atom stereocenters. The molecule has 15 heavy (non-hydrogen) atoms. The van der Waals surface area contributed by atoms with Gasteiger partial charge in [0.2, 0.25) is 0 Å². The highest BCUT2D eigenvalue weighted by atomic mass is 16.1. The number of nitrogens with one attached hydrogen (secondary N) is 1. The molecule has 2 heteroatoms. The van der Waals surface area contributed by atoms with Gasteiger partial charge in [-0.15, -0.1) is 0 Å². The Morgan fingerprint density at radius 2 is 2.13 bits per heavy atom. The smallest absolute Gasteiger partial charge is 0.149 e. The molecule has 1 rings (SSSR count). The molecule has 0 aromatic heterocycles. The first kappa shape index (κ1) is 12.7. The van der Waals surface area contributed by atoms with Crippen molar-refractivity contribution >= 4 is 5.78 Å². The summed E-state index contributed by atoms with van der Waals surface area (Å²) in [5.41, 5.74) is 0. The summed E-state index contributed by atoms with van der Waals surface area (Å²) < 4.78 is 0. The summed E-state index contributed by atoms with van der Waals surface area (Å²) in [6.07, 6.45) is 6.07. The fraction of sp³-hybridized carbons (Fsp3) is 0.923. The van der Waals surface area contributed by atoms with Crippen molar-refractivity contribution in [2.24, 2.45) is 11.8 Å². The largest absolute Gasteiger partial charge is 0.308 e. The van der Waals surface area contributed by atoms with E-state index in [1.807, 2.05) is 0 Å². The molecule has 0 radical (unpaired) electrons. The third-order valence-electron chi connectivity index (χ3n) is 3.50. The highest BCUT2D eigenvalue weighted by molar-refractivity contribution is 5.83. The first-order chi connectivity index (χ1) is 7.13. The van der Waals surface area contributed by atoms with Gasteiger partial charge in [-0.1, -0.05) is 40.0 Å². The Hall–Kier alpha value is -0.370. The van der Waals surface area contributed by atoms with Crippen LogP contribution in [0.4, 0.5) is 0 Å². The number of hydrogen-bond donors (Lipinski definition) is 1. The lowest BCUT2D eigenvalue weighted by atomic mass is 9.78. The van der Waals surface area contributed by atoms with Crippen molar-refractivity contribution < 1.29 is 4.79 Å². The number of carbonyl (C=O) groups is 1. The summed E-state index contributed by atoms with van der Waals surface area (Å²) in [5, 5.41) is 3.23. The van der Waals surface area contributed by atoms with Gasteiger partial charge < -0.3 is 5.32 Å². The molecular formula is C13H25NO. The van der Waals surface area contributed by atoms with Crippen LogP contribution in [-0.4, -0.2) is 18.4 Å². The molecule has 0 aliphatic heterocycles. The van der Waals surface area contributed by atoms with Crippen LogP contribution in [0.15, 0.2) is 0 Å². The fourth-order valence-electron chi connectivity index (χ4n) is 2.40. The topological polar surface area (TPSA) is 29.1 Å². The van der Waals surface area contributed by atoms with E-state index in [9.17, 15) is 4.79 Å². The first-order valence-electron chi connectivity index (χ1n) is 6.39. The van der Waals surface area contributed by atoms with E-state index in [-0.39, 0.29) is 0 Å². The van der Waals surface area contributed by atoms with Gasteiger partial charge in [-0.2, -0.15) is 0 Å². The minimum Gasteiger partial charge on any atom is -0.308 e. The molecule has 2 nitrogen and oxygen atoms in total. The van der Waals surface area contributed by atoms with Crippen LogP contribution in [-0.2, 0) is 4.79 Å². The molecule has 1 N–H and O–H groups in total. The van der Waals surface area contributed by atoms with Crippen molar-refractivity contribution in [1.82, 2.24) is 5.32 Å². The minimum absolute atomic E-state index is 0.343. The molecule has 1 fully saturated rings. The average molecular weight is 211 g/mol. The molecule has 1 saturated carbocycles. The van der Waals surface area contributed by atoms with Crippen molar-refractivity contribution in [3.8, 4) is 0 Å². The van der Waals surface area contributed by atoms with Crippen LogP contribution in [0, 0.1) is 11.8 Å². The van der Waals surface area contributed by atoms with Gasteiger partial charge in [0.05, 0.1) is 6.54 Å². The zero-order valence-electron chi connectivity index (χ0n) is 10.4. The van der Waals surface area contributed by atoms with Gasteiger partial charge in [-0.05, 0) is 18.8 Å². The lowest BCUT2D eigenvalue weighted by Gasteiger charge is -2.27. The Balaban J connectivity index is 2.32. The predicted molar refractivity (Wildman–Crippen MR) is 63.9 cm³/mol. The molecular weight excluding hydrogens is 186 g/mol. The molecule has 0 bridgehead atoms. The molecule has 0 spiro atoms. The van der Waals surface area contributed by atoms with Gasteiger partial charge in [-0.3, -0.25) is 4.79 Å². The second-order valence-corrected chi connectivity index (χ2v) is 5.14. The maximum Gasteiger partial charge on any atom is 0.149 e. The molecule has 1 aliphatic rings. The summed E-state index contributed by atoms with van der Waals surface area (Å²) >= 11 is 0. The van der Waals surface area contributed by atoms with Gasteiger partial charge in [0.25, 0.3) is 0 Å². The molecule has 1 aliphatic carbocycles.